The van der Waals surface area contributed by atoms with Gasteiger partial charge >= 0.3 is 0 Å². The highest BCUT2D eigenvalue weighted by atomic mass is 32.1. The van der Waals surface area contributed by atoms with Gasteiger partial charge in [-0.05, 0) is 19.1 Å². The van der Waals surface area contributed by atoms with Gasteiger partial charge in [0.1, 0.15) is 5.00 Å². The van der Waals surface area contributed by atoms with E-state index < -0.39 is 0 Å². The van der Waals surface area contributed by atoms with E-state index in [1.807, 2.05) is 37.6 Å². The highest BCUT2D eigenvalue weighted by Crippen LogP contribution is 2.16. The second kappa shape index (κ2) is 2.51. The molecule has 2 rings (SSSR count). The predicted molar refractivity (Wildman–Crippen MR) is 46.2 cm³/mol. The molecule has 0 saturated carbocycles. The SMILES string of the molecule is Cc1ncc(-n2cccc2)s1. The third-order valence-electron chi connectivity index (χ3n) is 1.47. The maximum atomic E-state index is 4.17. The lowest BCUT2D eigenvalue weighted by atomic mass is 10.7. The summed E-state index contributed by atoms with van der Waals surface area (Å²) in [6, 6.07) is 4.02. The fraction of sp³-hybridized carbons (Fsp3) is 0.125. The lowest BCUT2D eigenvalue weighted by Crippen LogP contribution is -1.82. The third kappa shape index (κ3) is 1.19. The molecular weight excluding hydrogens is 156 g/mol. The fourth-order valence-electron chi connectivity index (χ4n) is 0.951. The standard InChI is InChI=1S/C8H8N2S/c1-7-9-6-8(11-7)10-4-2-3-5-10/h2-6H,1H3. The first kappa shape index (κ1) is 6.61. The summed E-state index contributed by atoms with van der Waals surface area (Å²) < 4.78 is 2.06. The first-order valence-corrected chi connectivity index (χ1v) is 4.24. The lowest BCUT2D eigenvalue weighted by molar-refractivity contribution is 1.10. The van der Waals surface area contributed by atoms with Crippen LogP contribution in [0.1, 0.15) is 5.01 Å². The van der Waals surface area contributed by atoms with Gasteiger partial charge in [-0.1, -0.05) is 0 Å². The molecule has 0 aliphatic rings. The van der Waals surface area contributed by atoms with Crippen molar-refractivity contribution < 1.29 is 0 Å². The molecule has 2 aromatic rings. The Bertz CT molecular complexity index is 335. The molecule has 0 radical (unpaired) electrons. The molecule has 2 nitrogen and oxygen atoms in total. The Morgan fingerprint density at radius 1 is 1.36 bits per heavy atom. The third-order valence-corrected chi connectivity index (χ3v) is 2.39. The summed E-state index contributed by atoms with van der Waals surface area (Å²) in [5.74, 6) is 0. The predicted octanol–water partition coefficient (Wildman–Crippen LogP) is 2.24. The second-order valence-electron chi connectivity index (χ2n) is 2.31. The van der Waals surface area contributed by atoms with Crippen LogP contribution in [0.4, 0.5) is 0 Å². The molecule has 0 fully saturated rings. The van der Waals surface area contributed by atoms with E-state index >= 15 is 0 Å². The van der Waals surface area contributed by atoms with E-state index in [0.29, 0.717) is 0 Å². The molecule has 0 unspecified atom stereocenters. The monoisotopic (exact) mass is 164 g/mol. The smallest absolute Gasteiger partial charge is 0.119 e. The Balaban J connectivity index is 2.45. The van der Waals surface area contributed by atoms with E-state index in [0.717, 1.165) is 5.01 Å². The van der Waals surface area contributed by atoms with E-state index in [1.165, 1.54) is 5.00 Å². The van der Waals surface area contributed by atoms with Crippen LogP contribution in [0.5, 0.6) is 0 Å². The summed E-state index contributed by atoms with van der Waals surface area (Å²) in [5, 5.41) is 2.28. The lowest BCUT2D eigenvalue weighted by Gasteiger charge is -1.92. The fourth-order valence-corrected chi connectivity index (χ4v) is 1.69. The zero-order valence-corrected chi connectivity index (χ0v) is 7.01. The van der Waals surface area contributed by atoms with Gasteiger partial charge in [-0.2, -0.15) is 0 Å². The van der Waals surface area contributed by atoms with Crippen LogP contribution < -0.4 is 0 Å². The van der Waals surface area contributed by atoms with Crippen LogP contribution >= 0.6 is 11.3 Å². The van der Waals surface area contributed by atoms with E-state index in [1.54, 1.807) is 11.3 Å². The van der Waals surface area contributed by atoms with Crippen LogP contribution in [-0.4, -0.2) is 9.55 Å². The van der Waals surface area contributed by atoms with E-state index in [2.05, 4.69) is 9.55 Å². The number of thiazole rings is 1. The van der Waals surface area contributed by atoms with E-state index in [4.69, 9.17) is 0 Å². The topological polar surface area (TPSA) is 17.8 Å². The van der Waals surface area contributed by atoms with Crippen LogP contribution in [0.15, 0.2) is 30.7 Å². The molecule has 0 bridgehead atoms. The molecule has 3 heteroatoms. The summed E-state index contributed by atoms with van der Waals surface area (Å²) in [6.07, 6.45) is 5.93. The molecule has 0 saturated heterocycles. The minimum atomic E-state index is 1.11. The van der Waals surface area contributed by atoms with Crippen molar-refractivity contribution in [2.45, 2.75) is 6.92 Å². The Morgan fingerprint density at radius 2 is 2.09 bits per heavy atom. The molecule has 0 atom stereocenters. The number of hydrogen-bond donors (Lipinski definition) is 0. The molecule has 0 spiro atoms. The maximum absolute atomic E-state index is 4.17. The summed E-state index contributed by atoms with van der Waals surface area (Å²) in [5.41, 5.74) is 0. The summed E-state index contributed by atoms with van der Waals surface area (Å²) in [6.45, 7) is 2.01. The summed E-state index contributed by atoms with van der Waals surface area (Å²) >= 11 is 1.70. The zero-order valence-electron chi connectivity index (χ0n) is 6.19. The number of hydrogen-bond acceptors (Lipinski definition) is 2. The van der Waals surface area contributed by atoms with Crippen molar-refractivity contribution >= 4 is 11.3 Å². The Hall–Kier alpha value is -1.09. The highest BCUT2D eigenvalue weighted by Gasteiger charge is 1.97. The van der Waals surface area contributed by atoms with E-state index in [9.17, 15) is 0 Å². The quantitative estimate of drug-likeness (QED) is 0.632. The first-order chi connectivity index (χ1) is 5.36. The van der Waals surface area contributed by atoms with Gasteiger partial charge in [0.05, 0.1) is 11.2 Å². The second-order valence-corrected chi connectivity index (χ2v) is 3.52. The van der Waals surface area contributed by atoms with Crippen molar-refractivity contribution in [2.24, 2.45) is 0 Å². The van der Waals surface area contributed by atoms with Gasteiger partial charge in [0.15, 0.2) is 0 Å². The normalized spacial score (nSPS) is 10.3. The van der Waals surface area contributed by atoms with Gasteiger partial charge in [-0.3, -0.25) is 0 Å². The summed E-state index contributed by atoms with van der Waals surface area (Å²) in [7, 11) is 0. The minimum absolute atomic E-state index is 1.11. The number of aryl methyl sites for hydroxylation is 1. The molecule has 56 valence electrons. The maximum Gasteiger partial charge on any atom is 0.119 e. The van der Waals surface area contributed by atoms with Crippen molar-refractivity contribution in [1.82, 2.24) is 9.55 Å². The molecule has 0 aliphatic heterocycles. The molecule has 0 N–H and O–H groups in total. The van der Waals surface area contributed by atoms with E-state index in [-0.39, 0.29) is 0 Å². The van der Waals surface area contributed by atoms with Crippen molar-refractivity contribution in [1.29, 1.82) is 0 Å². The molecular formula is C8H8N2S. The Labute approximate surface area is 69.1 Å². The summed E-state index contributed by atoms with van der Waals surface area (Å²) in [4.78, 5) is 4.17. The molecule has 0 aromatic carbocycles. The van der Waals surface area contributed by atoms with Gasteiger partial charge in [-0.15, -0.1) is 11.3 Å². The number of rotatable bonds is 1. The van der Waals surface area contributed by atoms with Gasteiger partial charge < -0.3 is 4.57 Å². The molecule has 0 aliphatic carbocycles. The van der Waals surface area contributed by atoms with Crippen molar-refractivity contribution in [3.05, 3.63) is 35.7 Å². The largest absolute Gasteiger partial charge is 0.314 e. The highest BCUT2D eigenvalue weighted by molar-refractivity contribution is 7.14. The van der Waals surface area contributed by atoms with Gasteiger partial charge in [0.2, 0.25) is 0 Å². The zero-order chi connectivity index (χ0) is 7.68. The average molecular weight is 164 g/mol. The minimum Gasteiger partial charge on any atom is -0.314 e. The van der Waals surface area contributed by atoms with Crippen molar-refractivity contribution in [3.63, 3.8) is 0 Å². The molecule has 11 heavy (non-hydrogen) atoms. The van der Waals surface area contributed by atoms with Crippen molar-refractivity contribution in [3.8, 4) is 5.00 Å². The van der Waals surface area contributed by atoms with Crippen LogP contribution in [0.3, 0.4) is 0 Å². The molecule has 2 heterocycles. The van der Waals surface area contributed by atoms with Gasteiger partial charge in [0, 0.05) is 12.4 Å². The Morgan fingerprint density at radius 3 is 2.64 bits per heavy atom. The van der Waals surface area contributed by atoms with Gasteiger partial charge in [0.25, 0.3) is 0 Å². The Kier molecular flexibility index (Phi) is 1.51. The average Bonchev–Trinajstić information content (AvgIpc) is 2.55. The first-order valence-electron chi connectivity index (χ1n) is 3.42. The molecule has 2 aromatic heterocycles. The number of aromatic nitrogens is 2. The number of nitrogens with zero attached hydrogens (tertiary/aromatic N) is 2. The van der Waals surface area contributed by atoms with Crippen LogP contribution in [0, 0.1) is 6.92 Å². The van der Waals surface area contributed by atoms with Crippen LogP contribution in [-0.2, 0) is 0 Å². The van der Waals surface area contributed by atoms with Crippen LogP contribution in [0.2, 0.25) is 0 Å². The van der Waals surface area contributed by atoms with Gasteiger partial charge in [-0.25, -0.2) is 4.98 Å². The molecule has 0 amide bonds. The van der Waals surface area contributed by atoms with Crippen LogP contribution in [0.25, 0.3) is 5.00 Å². The van der Waals surface area contributed by atoms with Crippen molar-refractivity contribution in [2.75, 3.05) is 0 Å².